The van der Waals surface area contributed by atoms with Crippen molar-refractivity contribution < 1.29 is 4.92 Å². The zero-order chi connectivity index (χ0) is 15.0. The molecule has 1 N–H and O–H groups in total. The standard InChI is InChI=1S/C15H23ClN2O2/c1-3-4-5-6-7-8-12(2)17-14-11-13(16)9-10-15(14)18(19)20/h9-12,17H,3-8H2,1-2H3. The summed E-state index contributed by atoms with van der Waals surface area (Å²) in [6, 6.07) is 4.81. The SMILES string of the molecule is CCCCCCCC(C)Nc1cc(Cl)ccc1[N+](=O)[O-]. The molecule has 1 atom stereocenters. The zero-order valence-corrected chi connectivity index (χ0v) is 12.9. The third kappa shape index (κ3) is 5.78. The second-order valence-electron chi connectivity index (χ2n) is 5.17. The Labute approximate surface area is 125 Å². The average molecular weight is 299 g/mol. The highest BCUT2D eigenvalue weighted by Gasteiger charge is 2.15. The number of nitrogens with zero attached hydrogens (tertiary/aromatic N) is 1. The molecule has 0 aliphatic heterocycles. The maximum atomic E-state index is 11.0. The van der Waals surface area contributed by atoms with Crippen molar-refractivity contribution in [3.8, 4) is 0 Å². The highest BCUT2D eigenvalue weighted by Crippen LogP contribution is 2.28. The van der Waals surface area contributed by atoms with E-state index in [-0.39, 0.29) is 16.7 Å². The summed E-state index contributed by atoms with van der Waals surface area (Å²) in [6.07, 6.45) is 7.15. The van der Waals surface area contributed by atoms with E-state index in [1.165, 1.54) is 31.7 Å². The third-order valence-electron chi connectivity index (χ3n) is 3.30. The van der Waals surface area contributed by atoms with Crippen LogP contribution in [-0.4, -0.2) is 11.0 Å². The Kier molecular flexibility index (Phi) is 7.37. The second-order valence-corrected chi connectivity index (χ2v) is 5.60. The average Bonchev–Trinajstić information content (AvgIpc) is 2.38. The minimum Gasteiger partial charge on any atom is -0.377 e. The van der Waals surface area contributed by atoms with Gasteiger partial charge < -0.3 is 5.32 Å². The van der Waals surface area contributed by atoms with E-state index in [4.69, 9.17) is 11.6 Å². The van der Waals surface area contributed by atoms with Crippen molar-refractivity contribution in [2.45, 2.75) is 58.4 Å². The Balaban J connectivity index is 2.50. The molecule has 20 heavy (non-hydrogen) atoms. The monoisotopic (exact) mass is 298 g/mol. The summed E-state index contributed by atoms with van der Waals surface area (Å²) in [5.41, 5.74) is 0.579. The summed E-state index contributed by atoms with van der Waals surface area (Å²) in [6.45, 7) is 4.24. The summed E-state index contributed by atoms with van der Waals surface area (Å²) < 4.78 is 0. The van der Waals surface area contributed by atoms with E-state index in [9.17, 15) is 10.1 Å². The maximum absolute atomic E-state index is 11.0. The van der Waals surface area contributed by atoms with E-state index in [0.29, 0.717) is 10.7 Å². The van der Waals surface area contributed by atoms with Gasteiger partial charge in [0, 0.05) is 17.1 Å². The highest BCUT2D eigenvalue weighted by molar-refractivity contribution is 6.31. The Morgan fingerprint density at radius 3 is 2.65 bits per heavy atom. The van der Waals surface area contributed by atoms with Crippen LogP contribution in [-0.2, 0) is 0 Å². The van der Waals surface area contributed by atoms with Crippen molar-refractivity contribution >= 4 is 23.0 Å². The van der Waals surface area contributed by atoms with Gasteiger partial charge in [-0.3, -0.25) is 10.1 Å². The second kappa shape index (κ2) is 8.80. The van der Waals surface area contributed by atoms with Crippen LogP contribution in [0, 0.1) is 10.1 Å². The largest absolute Gasteiger partial charge is 0.377 e. The number of unbranched alkanes of at least 4 members (excludes halogenated alkanes) is 4. The summed E-state index contributed by atoms with van der Waals surface area (Å²) in [5, 5.41) is 14.7. The number of halogens is 1. The molecule has 0 fully saturated rings. The molecule has 0 heterocycles. The van der Waals surface area contributed by atoms with Crippen molar-refractivity contribution in [1.82, 2.24) is 0 Å². The zero-order valence-electron chi connectivity index (χ0n) is 12.2. The van der Waals surface area contributed by atoms with Gasteiger partial charge in [0.05, 0.1) is 4.92 Å². The normalized spacial score (nSPS) is 12.2. The quantitative estimate of drug-likeness (QED) is 0.377. The number of nitrogens with one attached hydrogen (secondary N) is 1. The lowest BCUT2D eigenvalue weighted by atomic mass is 10.1. The number of nitro benzene ring substituents is 1. The van der Waals surface area contributed by atoms with Crippen LogP contribution in [0.15, 0.2) is 18.2 Å². The molecule has 0 bridgehead atoms. The number of nitro groups is 1. The van der Waals surface area contributed by atoms with Crippen LogP contribution in [0.1, 0.15) is 52.4 Å². The molecule has 1 rings (SSSR count). The first kappa shape index (κ1) is 16.8. The van der Waals surface area contributed by atoms with E-state index in [1.807, 2.05) is 6.92 Å². The van der Waals surface area contributed by atoms with Gasteiger partial charge in [-0.25, -0.2) is 0 Å². The van der Waals surface area contributed by atoms with Gasteiger partial charge in [-0.1, -0.05) is 50.6 Å². The fraction of sp³-hybridized carbons (Fsp3) is 0.600. The van der Waals surface area contributed by atoms with E-state index in [0.717, 1.165) is 12.8 Å². The van der Waals surface area contributed by atoms with E-state index in [2.05, 4.69) is 12.2 Å². The highest BCUT2D eigenvalue weighted by atomic mass is 35.5. The molecule has 0 saturated heterocycles. The van der Waals surface area contributed by atoms with Crippen molar-refractivity contribution in [2.75, 3.05) is 5.32 Å². The number of benzene rings is 1. The molecular weight excluding hydrogens is 276 g/mol. The molecule has 0 spiro atoms. The first-order valence-corrected chi connectivity index (χ1v) is 7.63. The molecule has 0 radical (unpaired) electrons. The minimum absolute atomic E-state index is 0.0761. The topological polar surface area (TPSA) is 55.2 Å². The van der Waals surface area contributed by atoms with Crippen molar-refractivity contribution in [2.24, 2.45) is 0 Å². The lowest BCUT2D eigenvalue weighted by Gasteiger charge is -2.15. The lowest BCUT2D eigenvalue weighted by molar-refractivity contribution is -0.384. The van der Waals surface area contributed by atoms with E-state index >= 15 is 0 Å². The lowest BCUT2D eigenvalue weighted by Crippen LogP contribution is -2.15. The molecule has 4 nitrogen and oxygen atoms in total. The molecule has 5 heteroatoms. The number of hydrogen-bond acceptors (Lipinski definition) is 3. The minimum atomic E-state index is -0.382. The van der Waals surface area contributed by atoms with Crippen LogP contribution in [0.4, 0.5) is 11.4 Å². The van der Waals surface area contributed by atoms with Crippen LogP contribution in [0.3, 0.4) is 0 Å². The van der Waals surface area contributed by atoms with Gasteiger partial charge in [-0.05, 0) is 25.5 Å². The predicted octanol–water partition coefficient (Wildman–Crippen LogP) is 5.41. The Morgan fingerprint density at radius 1 is 1.30 bits per heavy atom. The summed E-state index contributed by atoms with van der Waals surface area (Å²) in [4.78, 5) is 10.6. The third-order valence-corrected chi connectivity index (χ3v) is 3.53. The molecular formula is C15H23ClN2O2. The fourth-order valence-corrected chi connectivity index (χ4v) is 2.35. The molecule has 0 aromatic heterocycles. The first-order chi connectivity index (χ1) is 9.54. The van der Waals surface area contributed by atoms with E-state index in [1.54, 1.807) is 12.1 Å². The first-order valence-electron chi connectivity index (χ1n) is 7.25. The van der Waals surface area contributed by atoms with Crippen LogP contribution in [0.25, 0.3) is 0 Å². The van der Waals surface area contributed by atoms with Crippen LogP contribution in [0.2, 0.25) is 5.02 Å². The van der Waals surface area contributed by atoms with Crippen LogP contribution < -0.4 is 5.32 Å². The van der Waals surface area contributed by atoms with Gasteiger partial charge in [0.2, 0.25) is 0 Å². The van der Waals surface area contributed by atoms with Crippen molar-refractivity contribution in [3.63, 3.8) is 0 Å². The number of rotatable bonds is 9. The Bertz CT molecular complexity index is 438. The van der Waals surface area contributed by atoms with Gasteiger partial charge in [0.15, 0.2) is 0 Å². The summed E-state index contributed by atoms with van der Waals surface area (Å²) in [7, 11) is 0. The molecule has 0 saturated carbocycles. The van der Waals surface area contributed by atoms with E-state index < -0.39 is 0 Å². The van der Waals surface area contributed by atoms with Gasteiger partial charge in [0.1, 0.15) is 5.69 Å². The van der Waals surface area contributed by atoms with Crippen molar-refractivity contribution in [1.29, 1.82) is 0 Å². The van der Waals surface area contributed by atoms with Gasteiger partial charge in [-0.2, -0.15) is 0 Å². The molecule has 0 amide bonds. The Morgan fingerprint density at radius 2 is 2.00 bits per heavy atom. The van der Waals surface area contributed by atoms with Crippen LogP contribution in [0.5, 0.6) is 0 Å². The fourth-order valence-electron chi connectivity index (χ4n) is 2.17. The summed E-state index contributed by atoms with van der Waals surface area (Å²) in [5.74, 6) is 0. The van der Waals surface area contributed by atoms with Gasteiger partial charge in [-0.15, -0.1) is 0 Å². The summed E-state index contributed by atoms with van der Waals surface area (Å²) >= 11 is 5.90. The van der Waals surface area contributed by atoms with Gasteiger partial charge in [0.25, 0.3) is 5.69 Å². The molecule has 1 aromatic carbocycles. The van der Waals surface area contributed by atoms with Gasteiger partial charge >= 0.3 is 0 Å². The molecule has 0 aliphatic carbocycles. The molecule has 112 valence electrons. The van der Waals surface area contributed by atoms with Crippen molar-refractivity contribution in [3.05, 3.63) is 33.3 Å². The number of hydrogen-bond donors (Lipinski definition) is 1. The Hall–Kier alpha value is -1.29. The molecule has 1 unspecified atom stereocenters. The van der Waals surface area contributed by atoms with Crippen LogP contribution >= 0.6 is 11.6 Å². The maximum Gasteiger partial charge on any atom is 0.292 e. The predicted molar refractivity (Wildman–Crippen MR) is 84.6 cm³/mol. The number of anilines is 1. The molecule has 0 aliphatic rings. The smallest absolute Gasteiger partial charge is 0.292 e. The molecule has 1 aromatic rings.